The highest BCUT2D eigenvalue weighted by molar-refractivity contribution is 5.76. The van der Waals surface area contributed by atoms with Gasteiger partial charge in [-0.3, -0.25) is 4.79 Å². The van der Waals surface area contributed by atoms with Crippen LogP contribution in [0.25, 0.3) is 0 Å². The van der Waals surface area contributed by atoms with E-state index < -0.39 is 22.9 Å². The Morgan fingerprint density at radius 2 is 1.62 bits per heavy atom. The highest BCUT2D eigenvalue weighted by Gasteiger charge is 2.69. The van der Waals surface area contributed by atoms with E-state index in [9.17, 15) is 20.1 Å². The summed E-state index contributed by atoms with van der Waals surface area (Å²) in [5.74, 6) is 0.395. The van der Waals surface area contributed by atoms with Crippen LogP contribution >= 0.6 is 0 Å². The molecule has 0 saturated heterocycles. The van der Waals surface area contributed by atoms with Gasteiger partial charge in [0.25, 0.3) is 0 Å². The quantitative estimate of drug-likeness (QED) is 0.418. The van der Waals surface area contributed by atoms with Crippen LogP contribution in [0.5, 0.6) is 0 Å². The normalized spacial score (nSPS) is 54.1. The molecule has 0 heterocycles. The van der Waals surface area contributed by atoms with Crippen molar-refractivity contribution in [3.63, 3.8) is 0 Å². The molecule has 3 N–H and O–H groups in total. The van der Waals surface area contributed by atoms with E-state index in [-0.39, 0.29) is 34.2 Å². The molecule has 5 aliphatic rings. The minimum atomic E-state index is -0.588. The van der Waals surface area contributed by atoms with E-state index in [0.717, 1.165) is 64.2 Å². The molecule has 34 heavy (non-hydrogen) atoms. The molecule has 0 radical (unpaired) electrons. The number of fused-ring (bicyclic) bond motifs is 7. The molecule has 0 bridgehead atoms. The average Bonchev–Trinajstić information content (AvgIpc) is 2.76. The van der Waals surface area contributed by atoms with Crippen molar-refractivity contribution in [3.05, 3.63) is 11.6 Å². The number of allylic oxidation sites excluding steroid dienone is 2. The summed E-state index contributed by atoms with van der Waals surface area (Å²) in [7, 11) is 0. The highest BCUT2D eigenvalue weighted by atomic mass is 16.4. The first-order valence-electron chi connectivity index (χ1n) is 13.9. The Hall–Kier alpha value is -0.870. The number of rotatable bonds is 2. The predicted molar refractivity (Wildman–Crippen MR) is 134 cm³/mol. The molecule has 5 rings (SSSR count). The van der Waals surface area contributed by atoms with Crippen LogP contribution in [0.15, 0.2) is 11.6 Å². The topological polar surface area (TPSA) is 77.8 Å². The fourth-order valence-corrected chi connectivity index (χ4v) is 10.7. The summed E-state index contributed by atoms with van der Waals surface area (Å²) in [5.41, 5.74) is 0.858. The van der Waals surface area contributed by atoms with Gasteiger partial charge in [0.1, 0.15) is 0 Å². The Labute approximate surface area is 206 Å². The number of aliphatic hydroxyl groups is 2. The van der Waals surface area contributed by atoms with Gasteiger partial charge in [0.05, 0.1) is 18.1 Å². The molecule has 0 aromatic carbocycles. The predicted octanol–water partition coefficient (Wildman–Crippen LogP) is 6.21. The molecule has 4 nitrogen and oxygen atoms in total. The second-order valence-corrected chi connectivity index (χ2v) is 14.9. The van der Waals surface area contributed by atoms with E-state index in [2.05, 4.69) is 47.6 Å². The van der Waals surface area contributed by atoms with Crippen LogP contribution in [0.4, 0.5) is 0 Å². The van der Waals surface area contributed by atoms with E-state index in [1.807, 2.05) is 0 Å². The standard InChI is InChI=1S/C30H48O4/c1-25(2)13-15-30(24(33)34)16-14-28(5)19(20(30)17-25)7-8-22-26(3)11-10-23(32)27(4,18-31)21(26)9-12-29(22,28)6/h7,20-23,31-32H,8-18H2,1-6H3,(H,33,34)/t20?,21?,22?,23-,26-,27-,28+,29+,30-/m0/s1. The van der Waals surface area contributed by atoms with Crippen LogP contribution in [0, 0.1) is 50.2 Å². The average molecular weight is 473 g/mol. The monoisotopic (exact) mass is 472 g/mol. The van der Waals surface area contributed by atoms with E-state index >= 15 is 0 Å². The van der Waals surface area contributed by atoms with Crippen LogP contribution in [0.3, 0.4) is 0 Å². The summed E-state index contributed by atoms with van der Waals surface area (Å²) in [4.78, 5) is 12.8. The smallest absolute Gasteiger partial charge is 0.310 e. The Balaban J connectivity index is 1.60. The molecule has 0 aliphatic heterocycles. The number of hydrogen-bond acceptors (Lipinski definition) is 3. The van der Waals surface area contributed by atoms with E-state index in [1.165, 1.54) is 5.57 Å². The van der Waals surface area contributed by atoms with Crippen molar-refractivity contribution in [1.29, 1.82) is 0 Å². The maximum absolute atomic E-state index is 12.8. The Kier molecular flexibility index (Phi) is 5.36. The summed E-state index contributed by atoms with van der Waals surface area (Å²) >= 11 is 0. The molecule has 0 amide bonds. The van der Waals surface area contributed by atoms with Crippen LogP contribution < -0.4 is 0 Å². The fraction of sp³-hybridized carbons (Fsp3) is 0.900. The number of aliphatic hydroxyl groups excluding tert-OH is 2. The van der Waals surface area contributed by atoms with Gasteiger partial charge < -0.3 is 15.3 Å². The first-order chi connectivity index (χ1) is 15.7. The van der Waals surface area contributed by atoms with Crippen molar-refractivity contribution in [1.82, 2.24) is 0 Å². The molecule has 5 aliphatic carbocycles. The maximum Gasteiger partial charge on any atom is 0.310 e. The molecular weight excluding hydrogens is 424 g/mol. The molecule has 0 spiro atoms. The first-order valence-corrected chi connectivity index (χ1v) is 13.9. The summed E-state index contributed by atoms with van der Waals surface area (Å²) in [6.45, 7) is 14.3. The van der Waals surface area contributed by atoms with Crippen molar-refractivity contribution in [2.75, 3.05) is 6.61 Å². The molecule has 4 heteroatoms. The second-order valence-electron chi connectivity index (χ2n) is 14.9. The van der Waals surface area contributed by atoms with Gasteiger partial charge in [0.15, 0.2) is 0 Å². The molecule has 4 saturated carbocycles. The fourth-order valence-electron chi connectivity index (χ4n) is 10.7. The maximum atomic E-state index is 12.8. The molecule has 9 atom stereocenters. The first kappa shape index (κ1) is 24.8. The zero-order valence-electron chi connectivity index (χ0n) is 22.4. The summed E-state index contributed by atoms with van der Waals surface area (Å²) in [6.07, 6.45) is 11.6. The van der Waals surface area contributed by atoms with E-state index in [0.29, 0.717) is 11.8 Å². The largest absolute Gasteiger partial charge is 0.481 e. The van der Waals surface area contributed by atoms with Crippen molar-refractivity contribution in [2.45, 2.75) is 112 Å². The number of carboxylic acid groups (broad SMARTS) is 1. The third-order valence-electron chi connectivity index (χ3n) is 13.2. The lowest BCUT2D eigenvalue weighted by Crippen LogP contribution is -2.65. The van der Waals surface area contributed by atoms with Gasteiger partial charge in [-0.2, -0.15) is 0 Å². The van der Waals surface area contributed by atoms with Crippen LogP contribution in [0.2, 0.25) is 0 Å². The lowest BCUT2D eigenvalue weighted by Gasteiger charge is -2.71. The molecule has 4 fully saturated rings. The summed E-state index contributed by atoms with van der Waals surface area (Å²) < 4.78 is 0. The lowest BCUT2D eigenvalue weighted by molar-refractivity contribution is -0.216. The van der Waals surface area contributed by atoms with Gasteiger partial charge in [-0.15, -0.1) is 0 Å². The van der Waals surface area contributed by atoms with Gasteiger partial charge >= 0.3 is 5.97 Å². The van der Waals surface area contributed by atoms with Gasteiger partial charge in [-0.05, 0) is 104 Å². The number of carboxylic acids is 1. The van der Waals surface area contributed by atoms with Crippen LogP contribution in [0.1, 0.15) is 106 Å². The van der Waals surface area contributed by atoms with E-state index in [1.54, 1.807) is 0 Å². The van der Waals surface area contributed by atoms with Crippen molar-refractivity contribution >= 4 is 5.97 Å². The van der Waals surface area contributed by atoms with E-state index in [4.69, 9.17) is 0 Å². The van der Waals surface area contributed by atoms with Gasteiger partial charge in [-0.1, -0.05) is 53.2 Å². The molecule has 3 unspecified atom stereocenters. The Morgan fingerprint density at radius 1 is 0.941 bits per heavy atom. The summed E-state index contributed by atoms with van der Waals surface area (Å²) in [6, 6.07) is 0. The van der Waals surface area contributed by atoms with Crippen molar-refractivity contribution < 1.29 is 20.1 Å². The Morgan fingerprint density at radius 3 is 2.26 bits per heavy atom. The second kappa shape index (κ2) is 7.34. The zero-order chi connectivity index (χ0) is 24.9. The zero-order valence-corrected chi connectivity index (χ0v) is 22.4. The van der Waals surface area contributed by atoms with Crippen molar-refractivity contribution in [3.8, 4) is 0 Å². The third-order valence-corrected chi connectivity index (χ3v) is 13.2. The number of carbonyl (C=O) groups is 1. The number of hydrogen-bond donors (Lipinski definition) is 3. The van der Waals surface area contributed by atoms with Crippen LogP contribution in [-0.2, 0) is 4.79 Å². The van der Waals surface area contributed by atoms with Gasteiger partial charge in [-0.25, -0.2) is 0 Å². The third kappa shape index (κ3) is 2.88. The molecule has 0 aromatic rings. The minimum Gasteiger partial charge on any atom is -0.481 e. The van der Waals surface area contributed by atoms with Gasteiger partial charge in [0, 0.05) is 5.41 Å². The Bertz CT molecular complexity index is 907. The highest BCUT2D eigenvalue weighted by Crippen LogP contribution is 2.75. The van der Waals surface area contributed by atoms with Crippen molar-refractivity contribution in [2.24, 2.45) is 50.2 Å². The molecule has 0 aromatic heterocycles. The molecular formula is C30H48O4. The number of aliphatic carboxylic acids is 1. The van der Waals surface area contributed by atoms with Gasteiger partial charge in [0.2, 0.25) is 0 Å². The lowest BCUT2D eigenvalue weighted by atomic mass is 9.33. The summed E-state index contributed by atoms with van der Waals surface area (Å²) in [5, 5.41) is 31.8. The molecule has 192 valence electrons. The SMILES string of the molecule is CC1(C)CC[C@]2(C(=O)O)CC[C@]3(C)C(=CCC4[C@@]5(C)CC[C@H](O)[C@@](C)(CO)C5CC[C@]43C)C2C1. The van der Waals surface area contributed by atoms with Crippen LogP contribution in [-0.4, -0.2) is 34.0 Å². The minimum absolute atomic E-state index is 0.0204.